The molecule has 1 aliphatic rings. The number of rotatable bonds is 5. The van der Waals surface area contributed by atoms with E-state index in [4.69, 9.17) is 28.9 Å². The topological polar surface area (TPSA) is 29.3 Å². The smallest absolute Gasteiger partial charge is 0.0595 e. The van der Waals surface area contributed by atoms with Crippen LogP contribution < -0.4 is 5.73 Å². The van der Waals surface area contributed by atoms with E-state index in [1.165, 1.54) is 18.4 Å². The van der Waals surface area contributed by atoms with E-state index in [1.54, 1.807) is 0 Å². The molecule has 0 radical (unpaired) electrons. The first-order chi connectivity index (χ1) is 9.95. The van der Waals surface area contributed by atoms with Gasteiger partial charge in [-0.25, -0.2) is 0 Å². The highest BCUT2D eigenvalue weighted by Crippen LogP contribution is 2.27. The Hall–Kier alpha value is -0.280. The van der Waals surface area contributed by atoms with Gasteiger partial charge in [-0.1, -0.05) is 43.1 Å². The molecule has 0 amide bonds. The molecule has 0 aromatic heterocycles. The standard InChI is InChI=1S/C17H26Cl2N2/c1-12(2)17(20)11-21-7-5-13(6-8-21)9-14-3-4-15(18)16(19)10-14/h3-4,10,12-13,17H,5-9,11,20H2,1-2H3/t17-/m0/s1. The largest absolute Gasteiger partial charge is 0.326 e. The summed E-state index contributed by atoms with van der Waals surface area (Å²) in [6.45, 7) is 7.74. The van der Waals surface area contributed by atoms with Crippen molar-refractivity contribution in [2.45, 2.75) is 39.2 Å². The predicted octanol–water partition coefficient (Wildman–Crippen LogP) is 4.23. The molecule has 0 saturated carbocycles. The summed E-state index contributed by atoms with van der Waals surface area (Å²) in [5, 5.41) is 1.30. The van der Waals surface area contributed by atoms with Crippen molar-refractivity contribution in [2.75, 3.05) is 19.6 Å². The van der Waals surface area contributed by atoms with Gasteiger partial charge in [0.1, 0.15) is 0 Å². The summed E-state index contributed by atoms with van der Waals surface area (Å²) in [6.07, 6.45) is 3.58. The summed E-state index contributed by atoms with van der Waals surface area (Å²) in [7, 11) is 0. The second-order valence-corrected chi connectivity index (χ2v) is 7.42. The second kappa shape index (κ2) is 7.82. The first-order valence-corrected chi connectivity index (χ1v) is 8.63. The molecule has 1 atom stereocenters. The van der Waals surface area contributed by atoms with Gasteiger partial charge in [-0.15, -0.1) is 0 Å². The zero-order chi connectivity index (χ0) is 15.4. The van der Waals surface area contributed by atoms with E-state index in [0.29, 0.717) is 16.0 Å². The molecule has 0 spiro atoms. The number of halogens is 2. The quantitative estimate of drug-likeness (QED) is 0.876. The van der Waals surface area contributed by atoms with Gasteiger partial charge in [0.15, 0.2) is 0 Å². The van der Waals surface area contributed by atoms with Gasteiger partial charge in [-0.2, -0.15) is 0 Å². The summed E-state index contributed by atoms with van der Waals surface area (Å²) in [5.74, 6) is 1.30. The minimum atomic E-state index is 0.289. The molecule has 0 unspecified atom stereocenters. The van der Waals surface area contributed by atoms with Gasteiger partial charge < -0.3 is 10.6 Å². The Morgan fingerprint density at radius 1 is 1.19 bits per heavy atom. The van der Waals surface area contributed by atoms with E-state index >= 15 is 0 Å². The van der Waals surface area contributed by atoms with Gasteiger partial charge >= 0.3 is 0 Å². The first-order valence-electron chi connectivity index (χ1n) is 7.87. The Bertz CT molecular complexity index is 454. The maximum absolute atomic E-state index is 6.17. The van der Waals surface area contributed by atoms with Crippen LogP contribution in [-0.2, 0) is 6.42 Å². The summed E-state index contributed by atoms with van der Waals surface area (Å²) in [6, 6.07) is 6.28. The maximum Gasteiger partial charge on any atom is 0.0595 e. The molecule has 1 aromatic rings. The molecular weight excluding hydrogens is 303 g/mol. The molecule has 1 aromatic carbocycles. The van der Waals surface area contributed by atoms with Crippen molar-refractivity contribution in [2.24, 2.45) is 17.6 Å². The van der Waals surface area contributed by atoms with Gasteiger partial charge in [0, 0.05) is 12.6 Å². The van der Waals surface area contributed by atoms with Crippen LogP contribution >= 0.6 is 23.2 Å². The summed E-state index contributed by atoms with van der Waals surface area (Å²) >= 11 is 12.1. The van der Waals surface area contributed by atoms with Gasteiger partial charge in [0.2, 0.25) is 0 Å². The highest BCUT2D eigenvalue weighted by molar-refractivity contribution is 6.42. The van der Waals surface area contributed by atoms with E-state index < -0.39 is 0 Å². The van der Waals surface area contributed by atoms with Gasteiger partial charge in [-0.05, 0) is 61.9 Å². The van der Waals surface area contributed by atoms with Crippen molar-refractivity contribution in [1.29, 1.82) is 0 Å². The molecule has 2 N–H and O–H groups in total. The molecule has 0 aliphatic carbocycles. The number of piperidine rings is 1. The van der Waals surface area contributed by atoms with Crippen LogP contribution in [-0.4, -0.2) is 30.6 Å². The lowest BCUT2D eigenvalue weighted by molar-refractivity contribution is 0.166. The SMILES string of the molecule is CC(C)[C@@H](N)CN1CCC(Cc2ccc(Cl)c(Cl)c2)CC1. The Labute approximate surface area is 138 Å². The fourth-order valence-corrected chi connectivity index (χ4v) is 3.20. The average Bonchev–Trinajstić information content (AvgIpc) is 2.45. The van der Waals surface area contributed by atoms with Crippen LogP contribution in [0.5, 0.6) is 0 Å². The normalized spacial score (nSPS) is 19.1. The lowest BCUT2D eigenvalue weighted by Gasteiger charge is -2.34. The van der Waals surface area contributed by atoms with E-state index in [-0.39, 0.29) is 6.04 Å². The zero-order valence-electron chi connectivity index (χ0n) is 13.0. The number of hydrogen-bond donors (Lipinski definition) is 1. The van der Waals surface area contributed by atoms with Crippen molar-refractivity contribution in [3.05, 3.63) is 33.8 Å². The number of hydrogen-bond acceptors (Lipinski definition) is 2. The third-order valence-corrected chi connectivity index (χ3v) is 5.28. The van der Waals surface area contributed by atoms with Crippen LogP contribution in [0.25, 0.3) is 0 Å². The number of likely N-dealkylation sites (tertiary alicyclic amines) is 1. The second-order valence-electron chi connectivity index (χ2n) is 6.60. The van der Waals surface area contributed by atoms with E-state index in [1.807, 2.05) is 12.1 Å². The summed E-state index contributed by atoms with van der Waals surface area (Å²) < 4.78 is 0. The fraction of sp³-hybridized carbons (Fsp3) is 0.647. The lowest BCUT2D eigenvalue weighted by Crippen LogP contribution is -2.44. The fourth-order valence-electron chi connectivity index (χ4n) is 2.88. The molecule has 21 heavy (non-hydrogen) atoms. The van der Waals surface area contributed by atoms with E-state index in [9.17, 15) is 0 Å². The summed E-state index contributed by atoms with van der Waals surface area (Å²) in [4.78, 5) is 2.51. The monoisotopic (exact) mass is 328 g/mol. The Balaban J connectivity index is 1.80. The van der Waals surface area contributed by atoms with Crippen molar-refractivity contribution in [3.63, 3.8) is 0 Å². The molecule has 1 fully saturated rings. The third kappa shape index (κ3) is 5.14. The Kier molecular flexibility index (Phi) is 6.36. The van der Waals surface area contributed by atoms with E-state index in [0.717, 1.165) is 32.0 Å². The van der Waals surface area contributed by atoms with Gasteiger partial charge in [0.25, 0.3) is 0 Å². The van der Waals surface area contributed by atoms with Crippen LogP contribution in [0.4, 0.5) is 0 Å². The number of benzene rings is 1. The minimum Gasteiger partial charge on any atom is -0.326 e. The lowest BCUT2D eigenvalue weighted by atomic mass is 9.90. The van der Waals surface area contributed by atoms with Gasteiger partial charge in [0.05, 0.1) is 10.0 Å². The molecule has 4 heteroatoms. The minimum absolute atomic E-state index is 0.289. The Morgan fingerprint density at radius 3 is 2.43 bits per heavy atom. The summed E-state index contributed by atoms with van der Waals surface area (Å²) in [5.41, 5.74) is 7.46. The maximum atomic E-state index is 6.17. The van der Waals surface area contributed by atoms with Crippen molar-refractivity contribution in [3.8, 4) is 0 Å². The highest BCUT2D eigenvalue weighted by atomic mass is 35.5. The number of nitrogens with zero attached hydrogens (tertiary/aromatic N) is 1. The van der Waals surface area contributed by atoms with Crippen molar-refractivity contribution < 1.29 is 0 Å². The molecule has 2 nitrogen and oxygen atoms in total. The van der Waals surface area contributed by atoms with Crippen molar-refractivity contribution in [1.82, 2.24) is 4.90 Å². The molecule has 0 bridgehead atoms. The van der Waals surface area contributed by atoms with Crippen LogP contribution in [0, 0.1) is 11.8 Å². The molecule has 118 valence electrons. The number of nitrogens with two attached hydrogens (primary N) is 1. The predicted molar refractivity (Wildman–Crippen MR) is 92.1 cm³/mol. The van der Waals surface area contributed by atoms with E-state index in [2.05, 4.69) is 24.8 Å². The highest BCUT2D eigenvalue weighted by Gasteiger charge is 2.21. The van der Waals surface area contributed by atoms with Crippen LogP contribution in [0.2, 0.25) is 10.0 Å². The molecule has 1 saturated heterocycles. The van der Waals surface area contributed by atoms with Crippen LogP contribution in [0.3, 0.4) is 0 Å². The average molecular weight is 329 g/mol. The van der Waals surface area contributed by atoms with Crippen LogP contribution in [0.1, 0.15) is 32.3 Å². The molecular formula is C17H26Cl2N2. The molecule has 1 aliphatic heterocycles. The Morgan fingerprint density at radius 2 is 1.86 bits per heavy atom. The third-order valence-electron chi connectivity index (χ3n) is 4.54. The molecule has 2 rings (SSSR count). The first kappa shape index (κ1) is 17.1. The zero-order valence-corrected chi connectivity index (χ0v) is 14.5. The van der Waals surface area contributed by atoms with Crippen LogP contribution in [0.15, 0.2) is 18.2 Å². The molecule has 1 heterocycles. The van der Waals surface area contributed by atoms with Gasteiger partial charge in [-0.3, -0.25) is 0 Å². The van der Waals surface area contributed by atoms with Crippen molar-refractivity contribution >= 4 is 23.2 Å².